The summed E-state index contributed by atoms with van der Waals surface area (Å²) in [6.07, 6.45) is 3.83. The van der Waals surface area contributed by atoms with E-state index in [0.717, 1.165) is 23.4 Å². The summed E-state index contributed by atoms with van der Waals surface area (Å²) in [5, 5.41) is 8.16. The van der Waals surface area contributed by atoms with Crippen LogP contribution < -0.4 is 10.1 Å². The van der Waals surface area contributed by atoms with Crippen LogP contribution in [0.5, 0.6) is 5.75 Å². The van der Waals surface area contributed by atoms with Gasteiger partial charge in [-0.2, -0.15) is 5.10 Å². The molecule has 1 aromatic heterocycles. The van der Waals surface area contributed by atoms with E-state index >= 15 is 0 Å². The van der Waals surface area contributed by atoms with Gasteiger partial charge in [-0.05, 0) is 12.1 Å². The molecule has 2 aromatic rings. The van der Waals surface area contributed by atoms with Gasteiger partial charge >= 0.3 is 0 Å². The van der Waals surface area contributed by atoms with Crippen molar-refractivity contribution >= 4 is 11.6 Å². The molecule has 1 heterocycles. The maximum Gasteiger partial charge on any atom is 0.124 e. The van der Waals surface area contributed by atoms with Gasteiger partial charge in [0.2, 0.25) is 0 Å². The van der Waals surface area contributed by atoms with Crippen LogP contribution in [0.4, 0.5) is 0 Å². The summed E-state index contributed by atoms with van der Waals surface area (Å²) >= 11 is 6.16. The maximum absolute atomic E-state index is 6.16. The first-order valence-corrected chi connectivity index (χ1v) is 6.08. The van der Waals surface area contributed by atoms with Gasteiger partial charge in [0.05, 0.1) is 13.3 Å². The lowest BCUT2D eigenvalue weighted by molar-refractivity contribution is 0.407. The average molecular weight is 266 g/mol. The first-order valence-electron chi connectivity index (χ1n) is 5.70. The number of halogens is 1. The third-order valence-corrected chi connectivity index (χ3v) is 3.04. The van der Waals surface area contributed by atoms with Gasteiger partial charge in [0.15, 0.2) is 0 Å². The summed E-state index contributed by atoms with van der Waals surface area (Å²) in [5.41, 5.74) is 2.12. The molecule has 0 atom stereocenters. The molecule has 4 nitrogen and oxygen atoms in total. The number of hydrogen-bond donors (Lipinski definition) is 1. The average Bonchev–Trinajstić information content (AvgIpc) is 2.77. The first-order chi connectivity index (χ1) is 8.70. The molecule has 1 N–H and O–H groups in total. The first kappa shape index (κ1) is 12.9. The van der Waals surface area contributed by atoms with Gasteiger partial charge in [-0.15, -0.1) is 0 Å². The topological polar surface area (TPSA) is 39.1 Å². The third-order valence-electron chi connectivity index (χ3n) is 2.69. The van der Waals surface area contributed by atoms with E-state index in [2.05, 4.69) is 10.4 Å². The second-order valence-corrected chi connectivity index (χ2v) is 4.45. The number of aromatic nitrogens is 2. The lowest BCUT2D eigenvalue weighted by Crippen LogP contribution is -2.13. The Kier molecular flexibility index (Phi) is 4.23. The van der Waals surface area contributed by atoms with Crippen molar-refractivity contribution in [2.45, 2.75) is 13.1 Å². The van der Waals surface area contributed by atoms with E-state index in [1.165, 1.54) is 0 Å². The molecule has 0 amide bonds. The summed E-state index contributed by atoms with van der Waals surface area (Å²) in [6.45, 7) is 1.42. The molecule has 0 spiro atoms. The molecule has 0 aliphatic heterocycles. The Balaban J connectivity index is 1.98. The van der Waals surface area contributed by atoms with Crippen LogP contribution in [-0.2, 0) is 20.1 Å². The summed E-state index contributed by atoms with van der Waals surface area (Å²) in [7, 11) is 3.55. The lowest BCUT2D eigenvalue weighted by Gasteiger charge is -2.10. The summed E-state index contributed by atoms with van der Waals surface area (Å²) in [5.74, 6) is 0.807. The molecule has 0 bridgehead atoms. The van der Waals surface area contributed by atoms with E-state index in [1.54, 1.807) is 11.8 Å². The van der Waals surface area contributed by atoms with Crippen LogP contribution in [0.1, 0.15) is 11.1 Å². The highest BCUT2D eigenvalue weighted by atomic mass is 35.5. The molecule has 0 saturated carbocycles. The summed E-state index contributed by atoms with van der Waals surface area (Å²) in [6, 6.07) is 5.66. The predicted molar refractivity (Wildman–Crippen MR) is 71.8 cm³/mol. The zero-order chi connectivity index (χ0) is 13.0. The molecule has 18 heavy (non-hydrogen) atoms. The number of ether oxygens (including phenoxy) is 1. The van der Waals surface area contributed by atoms with Crippen molar-refractivity contribution in [1.82, 2.24) is 15.1 Å². The van der Waals surface area contributed by atoms with Crippen molar-refractivity contribution in [3.63, 3.8) is 0 Å². The fourth-order valence-corrected chi connectivity index (χ4v) is 2.03. The van der Waals surface area contributed by atoms with E-state index in [4.69, 9.17) is 16.3 Å². The second kappa shape index (κ2) is 5.89. The fraction of sp³-hybridized carbons (Fsp3) is 0.308. The molecule has 0 aliphatic rings. The molecular weight excluding hydrogens is 250 g/mol. The Bertz CT molecular complexity index is 525. The molecule has 5 heteroatoms. The van der Waals surface area contributed by atoms with Crippen LogP contribution in [0.3, 0.4) is 0 Å². The van der Waals surface area contributed by atoms with Crippen molar-refractivity contribution in [3.8, 4) is 5.75 Å². The minimum absolute atomic E-state index is 0.664. The number of rotatable bonds is 5. The van der Waals surface area contributed by atoms with Crippen molar-refractivity contribution in [3.05, 3.63) is 46.7 Å². The predicted octanol–water partition coefficient (Wildman–Crippen LogP) is 2.37. The molecule has 0 radical (unpaired) electrons. The van der Waals surface area contributed by atoms with Gasteiger partial charge in [0.1, 0.15) is 5.75 Å². The SMILES string of the molecule is COc1cccc(Cl)c1CNCc1cnn(C)c1. The molecule has 0 aliphatic carbocycles. The molecule has 0 saturated heterocycles. The highest BCUT2D eigenvalue weighted by Gasteiger charge is 2.07. The number of nitrogens with one attached hydrogen (secondary N) is 1. The lowest BCUT2D eigenvalue weighted by atomic mass is 10.2. The minimum atomic E-state index is 0.664. The van der Waals surface area contributed by atoms with Crippen LogP contribution in [0.2, 0.25) is 5.02 Å². The van der Waals surface area contributed by atoms with Crippen molar-refractivity contribution in [1.29, 1.82) is 0 Å². The molecule has 0 unspecified atom stereocenters. The second-order valence-electron chi connectivity index (χ2n) is 4.05. The summed E-state index contributed by atoms with van der Waals surface area (Å²) in [4.78, 5) is 0. The number of methoxy groups -OCH3 is 1. The monoisotopic (exact) mass is 265 g/mol. The fourth-order valence-electron chi connectivity index (χ4n) is 1.80. The molecule has 1 aromatic carbocycles. The number of aryl methyl sites for hydroxylation is 1. The van der Waals surface area contributed by atoms with Crippen molar-refractivity contribution in [2.24, 2.45) is 7.05 Å². The van der Waals surface area contributed by atoms with E-state index in [-0.39, 0.29) is 0 Å². The van der Waals surface area contributed by atoms with Gasteiger partial charge < -0.3 is 10.1 Å². The van der Waals surface area contributed by atoms with Crippen LogP contribution in [-0.4, -0.2) is 16.9 Å². The quantitative estimate of drug-likeness (QED) is 0.902. The Morgan fingerprint density at radius 2 is 2.22 bits per heavy atom. The van der Waals surface area contributed by atoms with Crippen LogP contribution in [0, 0.1) is 0 Å². The zero-order valence-corrected chi connectivity index (χ0v) is 11.2. The molecule has 0 fully saturated rings. The maximum atomic E-state index is 6.16. The summed E-state index contributed by atoms with van der Waals surface area (Å²) < 4.78 is 7.08. The Labute approximate surface area is 112 Å². The Morgan fingerprint density at radius 3 is 2.89 bits per heavy atom. The van der Waals surface area contributed by atoms with Gasteiger partial charge in [0, 0.05) is 42.5 Å². The number of benzene rings is 1. The number of nitrogens with zero attached hydrogens (tertiary/aromatic N) is 2. The minimum Gasteiger partial charge on any atom is -0.496 e. The Morgan fingerprint density at radius 1 is 1.39 bits per heavy atom. The molecule has 96 valence electrons. The highest BCUT2D eigenvalue weighted by Crippen LogP contribution is 2.25. The third kappa shape index (κ3) is 3.03. The van der Waals surface area contributed by atoms with E-state index < -0.39 is 0 Å². The van der Waals surface area contributed by atoms with E-state index in [0.29, 0.717) is 11.6 Å². The normalized spacial score (nSPS) is 10.6. The van der Waals surface area contributed by atoms with Gasteiger partial charge in [-0.25, -0.2) is 0 Å². The van der Waals surface area contributed by atoms with E-state index in [9.17, 15) is 0 Å². The molecule has 2 rings (SSSR count). The highest BCUT2D eigenvalue weighted by molar-refractivity contribution is 6.31. The number of hydrogen-bond acceptors (Lipinski definition) is 3. The van der Waals surface area contributed by atoms with Crippen molar-refractivity contribution < 1.29 is 4.74 Å². The Hall–Kier alpha value is -1.52. The van der Waals surface area contributed by atoms with Gasteiger partial charge in [-0.3, -0.25) is 4.68 Å². The van der Waals surface area contributed by atoms with Crippen molar-refractivity contribution in [2.75, 3.05) is 7.11 Å². The largest absolute Gasteiger partial charge is 0.496 e. The van der Waals surface area contributed by atoms with E-state index in [1.807, 2.05) is 37.6 Å². The van der Waals surface area contributed by atoms with Crippen LogP contribution in [0.15, 0.2) is 30.6 Å². The van der Waals surface area contributed by atoms with Gasteiger partial charge in [0.25, 0.3) is 0 Å². The standard InChI is InChI=1S/C13H16ClN3O/c1-17-9-10(7-16-17)6-15-8-11-12(14)4-3-5-13(11)18-2/h3-5,7,9,15H,6,8H2,1-2H3. The van der Waals surface area contributed by atoms with Crippen LogP contribution in [0.25, 0.3) is 0 Å². The van der Waals surface area contributed by atoms with Gasteiger partial charge in [-0.1, -0.05) is 17.7 Å². The molecular formula is C13H16ClN3O. The smallest absolute Gasteiger partial charge is 0.124 e. The zero-order valence-electron chi connectivity index (χ0n) is 10.5. The van der Waals surface area contributed by atoms with Crippen LogP contribution >= 0.6 is 11.6 Å².